The Morgan fingerprint density at radius 2 is 2.07 bits per heavy atom. The zero-order valence-electron chi connectivity index (χ0n) is 8.68. The number of carbonyl (C=O) groups is 1. The van der Waals surface area contributed by atoms with Gasteiger partial charge in [-0.15, -0.1) is 0 Å². The van der Waals surface area contributed by atoms with Gasteiger partial charge in [-0.25, -0.2) is 0 Å². The van der Waals surface area contributed by atoms with E-state index in [1.165, 1.54) is 7.11 Å². The van der Waals surface area contributed by atoms with Gasteiger partial charge >= 0.3 is 0 Å². The van der Waals surface area contributed by atoms with Crippen LogP contribution in [0.2, 0.25) is 0 Å². The molecule has 0 bridgehead atoms. The molecule has 0 aliphatic carbocycles. The van der Waals surface area contributed by atoms with Gasteiger partial charge in [0.05, 0.1) is 13.2 Å². The summed E-state index contributed by atoms with van der Waals surface area (Å²) in [4.78, 5) is 10.9. The number of nitrogens with two attached hydrogens (primary N) is 1. The summed E-state index contributed by atoms with van der Waals surface area (Å²) in [5, 5.41) is 0. The molecule has 1 atom stereocenters. The van der Waals surface area contributed by atoms with Crippen LogP contribution in [0, 0.1) is 0 Å². The van der Waals surface area contributed by atoms with Crippen molar-refractivity contribution in [3.63, 3.8) is 0 Å². The molecule has 0 saturated heterocycles. The van der Waals surface area contributed by atoms with E-state index in [-0.39, 0.29) is 6.61 Å². The SMILES string of the molecule is COCC(OCc1ccccc1)C(N)=O. The average molecular weight is 209 g/mol. The van der Waals surface area contributed by atoms with Gasteiger partial charge in [0.25, 0.3) is 0 Å². The molecule has 82 valence electrons. The number of benzene rings is 1. The van der Waals surface area contributed by atoms with Crippen molar-refractivity contribution in [2.24, 2.45) is 5.73 Å². The van der Waals surface area contributed by atoms with Crippen LogP contribution in [0.1, 0.15) is 5.56 Å². The fourth-order valence-corrected chi connectivity index (χ4v) is 1.13. The van der Waals surface area contributed by atoms with Crippen LogP contribution in [0.15, 0.2) is 30.3 Å². The molecular weight excluding hydrogens is 194 g/mol. The molecule has 1 unspecified atom stereocenters. The summed E-state index contributed by atoms with van der Waals surface area (Å²) >= 11 is 0. The van der Waals surface area contributed by atoms with Crippen LogP contribution in [0.25, 0.3) is 0 Å². The van der Waals surface area contributed by atoms with Gasteiger partial charge in [0, 0.05) is 7.11 Å². The molecule has 1 aromatic carbocycles. The molecule has 0 aliphatic rings. The number of primary amides is 1. The second-order valence-electron chi connectivity index (χ2n) is 3.14. The number of amides is 1. The zero-order valence-corrected chi connectivity index (χ0v) is 8.68. The van der Waals surface area contributed by atoms with E-state index >= 15 is 0 Å². The zero-order chi connectivity index (χ0) is 11.1. The Labute approximate surface area is 89.0 Å². The minimum atomic E-state index is -0.685. The maximum Gasteiger partial charge on any atom is 0.248 e. The van der Waals surface area contributed by atoms with Crippen molar-refractivity contribution in [2.75, 3.05) is 13.7 Å². The molecule has 2 N–H and O–H groups in total. The fraction of sp³-hybridized carbons (Fsp3) is 0.364. The molecule has 4 heteroatoms. The highest BCUT2D eigenvalue weighted by molar-refractivity contribution is 5.78. The van der Waals surface area contributed by atoms with Crippen molar-refractivity contribution in [3.05, 3.63) is 35.9 Å². The number of methoxy groups -OCH3 is 1. The number of ether oxygens (including phenoxy) is 2. The number of hydrogen-bond acceptors (Lipinski definition) is 3. The molecule has 0 aromatic heterocycles. The van der Waals surface area contributed by atoms with Crippen LogP contribution in [-0.2, 0) is 20.9 Å². The van der Waals surface area contributed by atoms with Crippen LogP contribution in [-0.4, -0.2) is 25.7 Å². The van der Waals surface area contributed by atoms with E-state index < -0.39 is 12.0 Å². The Hall–Kier alpha value is -1.39. The first-order valence-electron chi connectivity index (χ1n) is 4.68. The van der Waals surface area contributed by atoms with Crippen molar-refractivity contribution in [3.8, 4) is 0 Å². The molecule has 1 rings (SSSR count). The number of rotatable bonds is 6. The highest BCUT2D eigenvalue weighted by atomic mass is 16.5. The van der Waals surface area contributed by atoms with E-state index in [1.807, 2.05) is 30.3 Å². The summed E-state index contributed by atoms with van der Waals surface area (Å²) in [7, 11) is 1.50. The summed E-state index contributed by atoms with van der Waals surface area (Å²) < 4.78 is 10.2. The monoisotopic (exact) mass is 209 g/mol. The minimum Gasteiger partial charge on any atom is -0.381 e. The molecule has 0 spiro atoms. The van der Waals surface area contributed by atoms with Crippen LogP contribution in [0.5, 0.6) is 0 Å². The average Bonchev–Trinajstić information content (AvgIpc) is 2.25. The van der Waals surface area contributed by atoms with Crippen LogP contribution in [0.3, 0.4) is 0 Å². The van der Waals surface area contributed by atoms with Gasteiger partial charge in [0.1, 0.15) is 0 Å². The topological polar surface area (TPSA) is 61.6 Å². The Balaban J connectivity index is 2.43. The van der Waals surface area contributed by atoms with Gasteiger partial charge < -0.3 is 15.2 Å². The summed E-state index contributed by atoms with van der Waals surface area (Å²) in [6.45, 7) is 0.542. The van der Waals surface area contributed by atoms with E-state index in [0.29, 0.717) is 6.61 Å². The predicted molar refractivity (Wildman–Crippen MR) is 56.1 cm³/mol. The van der Waals surface area contributed by atoms with Crippen molar-refractivity contribution < 1.29 is 14.3 Å². The van der Waals surface area contributed by atoms with Crippen LogP contribution in [0.4, 0.5) is 0 Å². The second-order valence-corrected chi connectivity index (χ2v) is 3.14. The van der Waals surface area contributed by atoms with Gasteiger partial charge in [-0.3, -0.25) is 4.79 Å². The molecule has 0 heterocycles. The first-order chi connectivity index (χ1) is 7.24. The van der Waals surface area contributed by atoms with Crippen molar-refractivity contribution >= 4 is 5.91 Å². The lowest BCUT2D eigenvalue weighted by Gasteiger charge is -2.13. The van der Waals surface area contributed by atoms with E-state index in [9.17, 15) is 4.79 Å². The molecule has 0 radical (unpaired) electrons. The molecule has 1 aromatic rings. The molecule has 0 aliphatic heterocycles. The molecular formula is C11H15NO3. The van der Waals surface area contributed by atoms with Crippen molar-refractivity contribution in [1.29, 1.82) is 0 Å². The second kappa shape index (κ2) is 6.16. The lowest BCUT2D eigenvalue weighted by atomic mass is 10.2. The predicted octanol–water partition coefficient (Wildman–Crippen LogP) is 0.704. The highest BCUT2D eigenvalue weighted by Crippen LogP contribution is 2.03. The van der Waals surface area contributed by atoms with Crippen LogP contribution >= 0.6 is 0 Å². The lowest BCUT2D eigenvalue weighted by Crippen LogP contribution is -2.34. The Morgan fingerprint density at radius 1 is 1.40 bits per heavy atom. The standard InChI is InChI=1S/C11H15NO3/c1-14-8-10(11(12)13)15-7-9-5-3-2-4-6-9/h2-6,10H,7-8H2,1H3,(H2,12,13). The maximum atomic E-state index is 10.9. The normalized spacial score (nSPS) is 12.3. The Bertz CT molecular complexity index is 300. The third kappa shape index (κ3) is 4.10. The first-order valence-corrected chi connectivity index (χ1v) is 4.68. The van der Waals surface area contributed by atoms with Gasteiger partial charge in [0.15, 0.2) is 6.10 Å². The van der Waals surface area contributed by atoms with Gasteiger partial charge in [-0.2, -0.15) is 0 Å². The number of carbonyl (C=O) groups excluding carboxylic acids is 1. The maximum absolute atomic E-state index is 10.9. The lowest BCUT2D eigenvalue weighted by molar-refractivity contribution is -0.133. The summed E-state index contributed by atoms with van der Waals surface area (Å²) in [5.74, 6) is -0.507. The quantitative estimate of drug-likeness (QED) is 0.750. The molecule has 15 heavy (non-hydrogen) atoms. The minimum absolute atomic E-state index is 0.183. The van der Waals surface area contributed by atoms with E-state index in [1.54, 1.807) is 0 Å². The first kappa shape index (κ1) is 11.7. The fourth-order valence-electron chi connectivity index (χ4n) is 1.13. The number of hydrogen-bond donors (Lipinski definition) is 1. The van der Waals surface area contributed by atoms with Gasteiger partial charge in [-0.05, 0) is 5.56 Å². The highest BCUT2D eigenvalue weighted by Gasteiger charge is 2.15. The summed E-state index contributed by atoms with van der Waals surface area (Å²) in [6, 6.07) is 9.59. The molecule has 0 saturated carbocycles. The van der Waals surface area contributed by atoms with E-state index in [0.717, 1.165) is 5.56 Å². The van der Waals surface area contributed by atoms with E-state index in [4.69, 9.17) is 15.2 Å². The third-order valence-electron chi connectivity index (χ3n) is 1.93. The smallest absolute Gasteiger partial charge is 0.248 e. The van der Waals surface area contributed by atoms with Gasteiger partial charge in [-0.1, -0.05) is 30.3 Å². The van der Waals surface area contributed by atoms with Crippen LogP contribution < -0.4 is 5.73 Å². The molecule has 1 amide bonds. The van der Waals surface area contributed by atoms with Crippen molar-refractivity contribution in [2.45, 2.75) is 12.7 Å². The Kier molecular flexibility index (Phi) is 4.80. The van der Waals surface area contributed by atoms with Crippen molar-refractivity contribution in [1.82, 2.24) is 0 Å². The largest absolute Gasteiger partial charge is 0.381 e. The summed E-state index contributed by atoms with van der Waals surface area (Å²) in [6.07, 6.45) is -0.685. The van der Waals surface area contributed by atoms with Gasteiger partial charge in [0.2, 0.25) is 5.91 Å². The van der Waals surface area contributed by atoms with E-state index in [2.05, 4.69) is 0 Å². The molecule has 0 fully saturated rings. The summed E-state index contributed by atoms with van der Waals surface area (Å²) in [5.41, 5.74) is 6.14. The molecule has 4 nitrogen and oxygen atoms in total. The Morgan fingerprint density at radius 3 is 2.60 bits per heavy atom. The third-order valence-corrected chi connectivity index (χ3v) is 1.93.